The van der Waals surface area contributed by atoms with E-state index in [-0.39, 0.29) is 0 Å². The Bertz CT molecular complexity index is 2340. The largest absolute Gasteiger partial charge is 0.242 e. The van der Waals surface area contributed by atoms with E-state index in [1.165, 1.54) is 0 Å². The fourth-order valence-corrected chi connectivity index (χ4v) is 8.14. The molecular formula is C50H44N2S3. The summed E-state index contributed by atoms with van der Waals surface area (Å²) in [5.41, 5.74) is 9.69. The summed E-state index contributed by atoms with van der Waals surface area (Å²) in [5, 5.41) is 4.14. The molecule has 0 spiro atoms. The Morgan fingerprint density at radius 1 is 0.455 bits per heavy atom. The molecule has 0 amide bonds. The van der Waals surface area contributed by atoms with Crippen LogP contribution in [0.15, 0.2) is 118 Å². The summed E-state index contributed by atoms with van der Waals surface area (Å²) in [6.07, 6.45) is 7.51. The SMILES string of the molecule is CCC/C(C#Cc1cccs1)=C(\C#Cc1sc(C#C/C(CCC)=C(/C#Cc2cccs2)CCC)c2nc(-c3ccccc3)c(-c3ccccc3)nc12)CCC. The van der Waals surface area contributed by atoms with Crippen LogP contribution in [-0.4, -0.2) is 9.97 Å². The highest BCUT2D eigenvalue weighted by atomic mass is 32.1. The van der Waals surface area contributed by atoms with E-state index in [2.05, 4.69) is 122 Å². The molecular weight excluding hydrogens is 725 g/mol. The Hall–Kier alpha value is -5.40. The summed E-state index contributed by atoms with van der Waals surface area (Å²) in [7, 11) is 0. The van der Waals surface area contributed by atoms with Crippen LogP contribution in [-0.2, 0) is 0 Å². The van der Waals surface area contributed by atoms with Crippen LogP contribution in [0.2, 0.25) is 0 Å². The lowest BCUT2D eigenvalue weighted by atomic mass is 10.00. The van der Waals surface area contributed by atoms with Gasteiger partial charge >= 0.3 is 0 Å². The zero-order valence-corrected chi connectivity index (χ0v) is 34.5. The van der Waals surface area contributed by atoms with Crippen LogP contribution in [0, 0.1) is 47.4 Å². The predicted molar refractivity (Wildman–Crippen MR) is 238 cm³/mol. The lowest BCUT2D eigenvalue weighted by Gasteiger charge is -2.09. The summed E-state index contributed by atoms with van der Waals surface area (Å²) in [5.74, 6) is 28.2. The first-order chi connectivity index (χ1) is 27.1. The first-order valence-corrected chi connectivity index (χ1v) is 21.7. The third kappa shape index (κ3) is 10.4. The molecule has 0 unspecified atom stereocenters. The Morgan fingerprint density at radius 3 is 1.15 bits per heavy atom. The zero-order chi connectivity index (χ0) is 38.2. The molecule has 0 saturated carbocycles. The highest BCUT2D eigenvalue weighted by Gasteiger charge is 2.19. The van der Waals surface area contributed by atoms with Crippen molar-refractivity contribution in [1.82, 2.24) is 9.97 Å². The van der Waals surface area contributed by atoms with Gasteiger partial charge in [0.1, 0.15) is 20.8 Å². The maximum Gasteiger partial charge on any atom is 0.117 e. The van der Waals surface area contributed by atoms with Gasteiger partial charge in [-0.05, 0) is 60.4 Å². The Labute approximate surface area is 339 Å². The van der Waals surface area contributed by atoms with Crippen LogP contribution < -0.4 is 0 Å². The summed E-state index contributed by atoms with van der Waals surface area (Å²) in [4.78, 5) is 14.7. The second-order valence-electron chi connectivity index (χ2n) is 13.0. The molecule has 0 aliphatic rings. The van der Waals surface area contributed by atoms with E-state index < -0.39 is 0 Å². The normalized spacial score (nSPS) is 11.5. The topological polar surface area (TPSA) is 25.8 Å². The molecule has 4 heterocycles. The van der Waals surface area contributed by atoms with Gasteiger partial charge in [0.2, 0.25) is 0 Å². The number of nitrogens with zero attached hydrogens (tertiary/aromatic N) is 2. The molecule has 0 bridgehead atoms. The molecule has 6 rings (SSSR count). The molecule has 4 aromatic heterocycles. The van der Waals surface area contributed by atoms with Crippen molar-refractivity contribution in [2.75, 3.05) is 0 Å². The van der Waals surface area contributed by atoms with Crippen LogP contribution in [0.3, 0.4) is 0 Å². The molecule has 0 atom stereocenters. The average Bonchev–Trinajstić information content (AvgIpc) is 4.01. The Kier molecular flexibility index (Phi) is 14.5. The van der Waals surface area contributed by atoms with E-state index in [9.17, 15) is 0 Å². The highest BCUT2D eigenvalue weighted by molar-refractivity contribution is 7.14. The number of hydrogen-bond acceptors (Lipinski definition) is 5. The number of thiophene rings is 3. The second kappa shape index (κ2) is 20.3. The smallest absolute Gasteiger partial charge is 0.117 e. The van der Waals surface area contributed by atoms with E-state index in [4.69, 9.17) is 9.97 Å². The lowest BCUT2D eigenvalue weighted by Crippen LogP contribution is -1.95. The van der Waals surface area contributed by atoms with Crippen LogP contribution in [0.25, 0.3) is 33.5 Å². The molecule has 272 valence electrons. The van der Waals surface area contributed by atoms with Crippen molar-refractivity contribution in [3.8, 4) is 69.9 Å². The van der Waals surface area contributed by atoms with Crippen LogP contribution in [0.4, 0.5) is 0 Å². The second-order valence-corrected chi connectivity index (χ2v) is 15.9. The summed E-state index contributed by atoms with van der Waals surface area (Å²) < 4.78 is 0. The van der Waals surface area contributed by atoms with Gasteiger partial charge in [0.25, 0.3) is 0 Å². The predicted octanol–water partition coefficient (Wildman–Crippen LogP) is 13.7. The van der Waals surface area contributed by atoms with Gasteiger partial charge in [-0.2, -0.15) is 0 Å². The third-order valence-electron chi connectivity index (χ3n) is 8.72. The van der Waals surface area contributed by atoms with Crippen molar-refractivity contribution in [1.29, 1.82) is 0 Å². The molecule has 2 nitrogen and oxygen atoms in total. The fourth-order valence-electron chi connectivity index (χ4n) is 6.11. The van der Waals surface area contributed by atoms with Crippen LogP contribution >= 0.6 is 34.0 Å². The third-order valence-corrected chi connectivity index (χ3v) is 11.3. The zero-order valence-electron chi connectivity index (χ0n) is 32.0. The van der Waals surface area contributed by atoms with Gasteiger partial charge in [-0.3, -0.25) is 0 Å². The number of rotatable bonds is 10. The van der Waals surface area contributed by atoms with E-state index in [0.29, 0.717) is 0 Å². The first kappa shape index (κ1) is 39.3. The summed E-state index contributed by atoms with van der Waals surface area (Å²) in [6.45, 7) is 8.81. The number of benzene rings is 2. The molecule has 5 heteroatoms. The maximum absolute atomic E-state index is 5.41. The number of allylic oxidation sites excluding steroid dienone is 4. The monoisotopic (exact) mass is 768 g/mol. The van der Waals surface area contributed by atoms with Crippen molar-refractivity contribution in [2.45, 2.75) is 79.1 Å². The minimum atomic E-state index is 0.783. The lowest BCUT2D eigenvalue weighted by molar-refractivity contribution is 0.880. The van der Waals surface area contributed by atoms with Gasteiger partial charge in [-0.15, -0.1) is 34.0 Å². The van der Waals surface area contributed by atoms with E-state index >= 15 is 0 Å². The molecule has 0 aliphatic heterocycles. The Balaban J connectivity index is 1.58. The minimum absolute atomic E-state index is 0.783. The summed E-state index contributed by atoms with van der Waals surface area (Å²) >= 11 is 4.92. The van der Waals surface area contributed by atoms with Crippen molar-refractivity contribution in [2.24, 2.45) is 0 Å². The molecule has 55 heavy (non-hydrogen) atoms. The molecule has 0 aliphatic carbocycles. The van der Waals surface area contributed by atoms with E-state index in [1.807, 2.05) is 48.5 Å². The molecule has 0 radical (unpaired) electrons. The quantitative estimate of drug-likeness (QED) is 0.130. The van der Waals surface area contributed by atoms with E-state index in [0.717, 1.165) is 127 Å². The standard InChI is InChI=1S/C50H44N2S3/c1-5-17-37(27-31-43-25-15-35-53-43)39(19-7-3)29-33-45-49-50(52-48(42-23-13-10-14-24-42)47(51-49)41-21-11-9-12-22-41)46(55-45)34-30-40(20-8-4)38(18-6-2)28-32-44-26-16-36-54-44/h9-16,21-26,35-36H,5-8,17-20H2,1-4H3/b39-37+,40-38+. The molecule has 0 fully saturated rings. The fraction of sp³-hybridized carbons (Fsp3) is 0.240. The van der Waals surface area contributed by atoms with Crippen molar-refractivity contribution in [3.63, 3.8) is 0 Å². The van der Waals surface area contributed by atoms with Gasteiger partial charge in [-0.1, -0.05) is 162 Å². The minimum Gasteiger partial charge on any atom is -0.242 e. The van der Waals surface area contributed by atoms with Crippen molar-refractivity contribution in [3.05, 3.63) is 137 Å². The van der Waals surface area contributed by atoms with Gasteiger partial charge in [-0.25, -0.2) is 9.97 Å². The first-order valence-electron chi connectivity index (χ1n) is 19.2. The summed E-state index contributed by atoms with van der Waals surface area (Å²) in [6, 6.07) is 28.9. The maximum atomic E-state index is 5.41. The molecule has 6 aromatic rings. The average molecular weight is 769 g/mol. The van der Waals surface area contributed by atoms with Gasteiger partial charge in [0.05, 0.1) is 21.1 Å². The highest BCUT2D eigenvalue weighted by Crippen LogP contribution is 2.36. The van der Waals surface area contributed by atoms with Crippen LogP contribution in [0.5, 0.6) is 0 Å². The molecule has 2 aromatic carbocycles. The number of hydrogen-bond donors (Lipinski definition) is 0. The van der Waals surface area contributed by atoms with Crippen molar-refractivity contribution < 1.29 is 0 Å². The number of fused-ring (bicyclic) bond motifs is 1. The van der Waals surface area contributed by atoms with Gasteiger partial charge in [0.15, 0.2) is 0 Å². The Morgan fingerprint density at radius 2 is 0.818 bits per heavy atom. The molecule has 0 saturated heterocycles. The number of aromatic nitrogens is 2. The molecule has 0 N–H and O–H groups in total. The van der Waals surface area contributed by atoms with Gasteiger partial charge in [0, 0.05) is 33.4 Å². The van der Waals surface area contributed by atoms with E-state index in [1.54, 1.807) is 34.0 Å². The van der Waals surface area contributed by atoms with Gasteiger partial charge < -0.3 is 0 Å². The van der Waals surface area contributed by atoms with Crippen molar-refractivity contribution >= 4 is 45.0 Å². The van der Waals surface area contributed by atoms with Crippen LogP contribution in [0.1, 0.15) is 98.6 Å².